The van der Waals surface area contributed by atoms with Crippen molar-refractivity contribution in [3.8, 4) is 11.5 Å². The minimum Gasteiger partial charge on any atom is -0.493 e. The summed E-state index contributed by atoms with van der Waals surface area (Å²) in [5.41, 5.74) is 2.41. The van der Waals surface area contributed by atoms with Crippen LogP contribution in [0.2, 0.25) is 5.02 Å². The van der Waals surface area contributed by atoms with Gasteiger partial charge in [0.2, 0.25) is 5.91 Å². The van der Waals surface area contributed by atoms with E-state index >= 15 is 0 Å². The highest BCUT2D eigenvalue weighted by molar-refractivity contribution is 6.30. The number of hydrogen-bond acceptors (Lipinski definition) is 4. The Morgan fingerprint density at radius 1 is 1.13 bits per heavy atom. The lowest BCUT2D eigenvalue weighted by Crippen LogP contribution is -2.40. The summed E-state index contributed by atoms with van der Waals surface area (Å²) in [6.07, 6.45) is 3.60. The standard InChI is InChI=1S/C25H33ClN2O3/c1-3-31-23-10-9-19(17-24(23)30-2)7-5-13-27-25(29)21-11-14-28(15-12-21)18-20-6-4-8-22(26)16-20/h4,6,8-10,16-17,21H,3,5,7,11-15,18H2,1-2H3,(H,27,29). The average Bonchev–Trinajstić information content (AvgIpc) is 2.78. The summed E-state index contributed by atoms with van der Waals surface area (Å²) >= 11 is 6.08. The highest BCUT2D eigenvalue weighted by atomic mass is 35.5. The van der Waals surface area contributed by atoms with Gasteiger partial charge in [-0.15, -0.1) is 0 Å². The van der Waals surface area contributed by atoms with Gasteiger partial charge in [0, 0.05) is 24.0 Å². The van der Waals surface area contributed by atoms with Crippen LogP contribution in [0.15, 0.2) is 42.5 Å². The van der Waals surface area contributed by atoms with Crippen molar-refractivity contribution >= 4 is 17.5 Å². The van der Waals surface area contributed by atoms with Gasteiger partial charge in [0.1, 0.15) is 0 Å². The summed E-state index contributed by atoms with van der Waals surface area (Å²) in [6, 6.07) is 14.0. The first-order valence-electron chi connectivity index (χ1n) is 11.1. The predicted molar refractivity (Wildman–Crippen MR) is 125 cm³/mol. The van der Waals surface area contributed by atoms with Crippen LogP contribution in [-0.4, -0.2) is 44.2 Å². The highest BCUT2D eigenvalue weighted by Gasteiger charge is 2.24. The number of nitrogens with one attached hydrogen (secondary N) is 1. The molecular weight excluding hydrogens is 412 g/mol. The number of halogens is 1. The second-order valence-corrected chi connectivity index (χ2v) is 8.43. The summed E-state index contributed by atoms with van der Waals surface area (Å²) in [4.78, 5) is 15.0. The lowest BCUT2D eigenvalue weighted by Gasteiger charge is -2.31. The van der Waals surface area contributed by atoms with Crippen molar-refractivity contribution in [3.05, 3.63) is 58.6 Å². The molecule has 0 unspecified atom stereocenters. The monoisotopic (exact) mass is 444 g/mol. The van der Waals surface area contributed by atoms with E-state index in [-0.39, 0.29) is 11.8 Å². The normalized spacial score (nSPS) is 14.9. The number of aryl methyl sites for hydroxylation is 1. The Labute approximate surface area is 190 Å². The van der Waals surface area contributed by atoms with Crippen molar-refractivity contribution in [2.45, 2.75) is 39.2 Å². The van der Waals surface area contributed by atoms with Gasteiger partial charge in [-0.2, -0.15) is 0 Å². The van der Waals surface area contributed by atoms with E-state index in [0.717, 1.165) is 61.8 Å². The minimum absolute atomic E-state index is 0.112. The van der Waals surface area contributed by atoms with Gasteiger partial charge in [0.15, 0.2) is 11.5 Å². The van der Waals surface area contributed by atoms with Crippen molar-refractivity contribution in [1.82, 2.24) is 10.2 Å². The zero-order valence-corrected chi connectivity index (χ0v) is 19.3. The van der Waals surface area contributed by atoms with Crippen LogP contribution < -0.4 is 14.8 Å². The molecule has 1 N–H and O–H groups in total. The first kappa shape index (κ1) is 23.4. The Balaban J connectivity index is 1.36. The Kier molecular flexibility index (Phi) is 9.04. The number of rotatable bonds is 10. The number of methoxy groups -OCH3 is 1. The topological polar surface area (TPSA) is 50.8 Å². The van der Waals surface area contributed by atoms with Crippen molar-refractivity contribution in [2.24, 2.45) is 5.92 Å². The van der Waals surface area contributed by atoms with Crippen LogP contribution in [0.3, 0.4) is 0 Å². The molecule has 2 aromatic carbocycles. The van der Waals surface area contributed by atoms with Gasteiger partial charge >= 0.3 is 0 Å². The molecule has 1 aliphatic heterocycles. The molecule has 1 fully saturated rings. The van der Waals surface area contributed by atoms with Crippen LogP contribution in [0, 0.1) is 5.92 Å². The predicted octanol–water partition coefficient (Wildman–Crippen LogP) is 4.71. The molecule has 1 aliphatic rings. The SMILES string of the molecule is CCOc1ccc(CCCNC(=O)C2CCN(Cc3cccc(Cl)c3)CC2)cc1OC. The largest absolute Gasteiger partial charge is 0.493 e. The van der Waals surface area contributed by atoms with Gasteiger partial charge in [0.05, 0.1) is 13.7 Å². The van der Waals surface area contributed by atoms with Crippen molar-refractivity contribution in [3.63, 3.8) is 0 Å². The minimum atomic E-state index is 0.112. The van der Waals surface area contributed by atoms with E-state index in [1.807, 2.05) is 37.3 Å². The summed E-state index contributed by atoms with van der Waals surface area (Å²) in [5, 5.41) is 3.90. The molecule has 1 heterocycles. The molecule has 5 nitrogen and oxygen atoms in total. The summed E-state index contributed by atoms with van der Waals surface area (Å²) < 4.78 is 11.0. The lowest BCUT2D eigenvalue weighted by molar-refractivity contribution is -0.126. The van der Waals surface area contributed by atoms with Crippen LogP contribution in [0.25, 0.3) is 0 Å². The number of likely N-dealkylation sites (tertiary alicyclic amines) is 1. The first-order chi connectivity index (χ1) is 15.1. The summed E-state index contributed by atoms with van der Waals surface area (Å²) in [5.74, 6) is 1.82. The fourth-order valence-corrected chi connectivity index (χ4v) is 4.25. The van der Waals surface area contributed by atoms with Crippen LogP contribution in [0.5, 0.6) is 11.5 Å². The van der Waals surface area contributed by atoms with Crippen LogP contribution >= 0.6 is 11.6 Å². The molecule has 1 amide bonds. The van der Waals surface area contributed by atoms with Gasteiger partial charge in [-0.1, -0.05) is 29.8 Å². The third-order valence-electron chi connectivity index (χ3n) is 5.72. The summed E-state index contributed by atoms with van der Waals surface area (Å²) in [6.45, 7) is 6.03. The number of carbonyl (C=O) groups is 1. The van der Waals surface area contributed by atoms with Crippen molar-refractivity contribution < 1.29 is 14.3 Å². The maximum absolute atomic E-state index is 12.6. The fourth-order valence-electron chi connectivity index (χ4n) is 4.04. The van der Waals surface area contributed by atoms with Crippen molar-refractivity contribution in [2.75, 3.05) is 33.4 Å². The van der Waals surface area contributed by atoms with Gasteiger partial charge in [-0.3, -0.25) is 9.69 Å². The van der Waals surface area contributed by atoms with Crippen molar-refractivity contribution in [1.29, 1.82) is 0 Å². The highest BCUT2D eigenvalue weighted by Crippen LogP contribution is 2.28. The number of nitrogens with zero attached hydrogens (tertiary/aromatic N) is 1. The molecule has 0 saturated carbocycles. The molecule has 31 heavy (non-hydrogen) atoms. The summed E-state index contributed by atoms with van der Waals surface area (Å²) in [7, 11) is 1.65. The maximum Gasteiger partial charge on any atom is 0.223 e. The molecular formula is C25H33ClN2O3. The van der Waals surface area contributed by atoms with Crippen LogP contribution in [0.4, 0.5) is 0 Å². The maximum atomic E-state index is 12.6. The molecule has 0 radical (unpaired) electrons. The third kappa shape index (κ3) is 7.15. The molecule has 168 valence electrons. The molecule has 3 rings (SSSR count). The van der Waals surface area contributed by atoms with Crippen LogP contribution in [0.1, 0.15) is 37.3 Å². The van der Waals surface area contributed by atoms with E-state index in [1.165, 1.54) is 11.1 Å². The number of hydrogen-bond donors (Lipinski definition) is 1. The molecule has 1 saturated heterocycles. The molecule has 0 aliphatic carbocycles. The first-order valence-corrected chi connectivity index (χ1v) is 11.5. The number of ether oxygens (including phenoxy) is 2. The zero-order valence-electron chi connectivity index (χ0n) is 18.5. The van der Waals surface area contributed by atoms with E-state index in [0.29, 0.717) is 13.2 Å². The Morgan fingerprint density at radius 2 is 1.94 bits per heavy atom. The molecule has 6 heteroatoms. The Bertz CT molecular complexity index is 850. The molecule has 0 spiro atoms. The molecule has 2 aromatic rings. The third-order valence-corrected chi connectivity index (χ3v) is 5.96. The number of piperidine rings is 1. The molecule has 0 aromatic heterocycles. The van der Waals surface area contributed by atoms with Gasteiger partial charge in [0.25, 0.3) is 0 Å². The van der Waals surface area contributed by atoms with E-state index in [4.69, 9.17) is 21.1 Å². The Hall–Kier alpha value is -2.24. The quantitative estimate of drug-likeness (QED) is 0.539. The van der Waals surface area contributed by atoms with E-state index in [2.05, 4.69) is 22.3 Å². The van der Waals surface area contributed by atoms with Gasteiger partial charge in [-0.05, 0) is 81.1 Å². The van der Waals surface area contributed by atoms with E-state index < -0.39 is 0 Å². The lowest BCUT2D eigenvalue weighted by atomic mass is 9.95. The number of benzene rings is 2. The zero-order chi connectivity index (χ0) is 22.1. The second-order valence-electron chi connectivity index (χ2n) is 7.99. The van der Waals surface area contributed by atoms with Gasteiger partial charge in [-0.25, -0.2) is 0 Å². The molecule has 0 atom stereocenters. The number of amides is 1. The average molecular weight is 445 g/mol. The number of carbonyl (C=O) groups excluding carboxylic acids is 1. The fraction of sp³-hybridized carbons (Fsp3) is 0.480. The Morgan fingerprint density at radius 3 is 2.65 bits per heavy atom. The second kappa shape index (κ2) is 12.0. The smallest absolute Gasteiger partial charge is 0.223 e. The van der Waals surface area contributed by atoms with Crippen LogP contribution in [-0.2, 0) is 17.8 Å². The van der Waals surface area contributed by atoms with Gasteiger partial charge < -0.3 is 14.8 Å². The molecule has 0 bridgehead atoms. The van der Waals surface area contributed by atoms with E-state index in [9.17, 15) is 4.79 Å². The van der Waals surface area contributed by atoms with E-state index in [1.54, 1.807) is 7.11 Å².